The molecule has 1 saturated heterocycles. The third-order valence-electron chi connectivity index (χ3n) is 5.63. The predicted molar refractivity (Wildman–Crippen MR) is 123 cm³/mol. The summed E-state index contributed by atoms with van der Waals surface area (Å²) in [6.45, 7) is 0.693. The van der Waals surface area contributed by atoms with E-state index in [-0.39, 0.29) is 17.3 Å². The molecule has 172 valence electrons. The Labute approximate surface area is 189 Å². The maximum absolute atomic E-state index is 12.6. The molecule has 33 heavy (non-hydrogen) atoms. The van der Waals surface area contributed by atoms with E-state index in [0.29, 0.717) is 18.0 Å². The highest BCUT2D eigenvalue weighted by Gasteiger charge is 2.23. The maximum atomic E-state index is 12.6. The molecular weight excluding hydrogens is 426 g/mol. The summed E-state index contributed by atoms with van der Waals surface area (Å²) in [5.41, 5.74) is -0.452. The van der Waals surface area contributed by atoms with Gasteiger partial charge in [0.25, 0.3) is 5.56 Å². The molecule has 1 atom stereocenters. The molecule has 1 fully saturated rings. The lowest BCUT2D eigenvalue weighted by Gasteiger charge is -2.33. The molecular formula is C23H25N5O5. The fraction of sp³-hybridized carbons (Fsp3) is 0.304. The Morgan fingerprint density at radius 2 is 2.06 bits per heavy atom. The van der Waals surface area contributed by atoms with E-state index in [2.05, 4.69) is 15.1 Å². The van der Waals surface area contributed by atoms with Gasteiger partial charge in [0.1, 0.15) is 17.1 Å². The number of hydrazone groups is 1. The Kier molecular flexibility index (Phi) is 6.43. The van der Waals surface area contributed by atoms with E-state index in [1.54, 1.807) is 24.5 Å². The first-order valence-corrected chi connectivity index (χ1v) is 10.5. The monoisotopic (exact) mass is 451 g/mol. The van der Waals surface area contributed by atoms with Gasteiger partial charge in [-0.1, -0.05) is 6.07 Å². The number of ether oxygens (including phenoxy) is 2. The van der Waals surface area contributed by atoms with Crippen molar-refractivity contribution in [1.82, 2.24) is 19.5 Å². The molecule has 2 N–H and O–H groups in total. The second-order valence-corrected chi connectivity index (χ2v) is 7.58. The van der Waals surface area contributed by atoms with Crippen molar-refractivity contribution in [2.45, 2.75) is 25.3 Å². The maximum Gasteiger partial charge on any atom is 0.335 e. The van der Waals surface area contributed by atoms with Gasteiger partial charge in [0.15, 0.2) is 0 Å². The van der Waals surface area contributed by atoms with Crippen molar-refractivity contribution in [2.24, 2.45) is 5.10 Å². The van der Waals surface area contributed by atoms with Crippen LogP contribution in [0.15, 0.2) is 57.4 Å². The smallest absolute Gasteiger partial charge is 0.335 e. The number of rotatable bonds is 6. The Balaban J connectivity index is 1.76. The summed E-state index contributed by atoms with van der Waals surface area (Å²) >= 11 is 0. The molecule has 4 rings (SSSR count). The van der Waals surface area contributed by atoms with Crippen LogP contribution in [0, 0.1) is 0 Å². The Morgan fingerprint density at radius 1 is 1.21 bits per heavy atom. The second kappa shape index (κ2) is 9.60. The quantitative estimate of drug-likeness (QED) is 0.551. The zero-order valence-corrected chi connectivity index (χ0v) is 18.4. The van der Waals surface area contributed by atoms with Gasteiger partial charge in [0.2, 0.25) is 5.88 Å². The molecule has 10 heteroatoms. The molecule has 0 bridgehead atoms. The summed E-state index contributed by atoms with van der Waals surface area (Å²) in [6, 6.07) is 8.67. The molecule has 0 saturated carbocycles. The molecule has 0 radical (unpaired) electrons. The summed E-state index contributed by atoms with van der Waals surface area (Å²) in [4.78, 5) is 31.6. The summed E-state index contributed by atoms with van der Waals surface area (Å²) < 4.78 is 11.5. The first-order valence-electron chi connectivity index (χ1n) is 10.5. The van der Waals surface area contributed by atoms with Crippen molar-refractivity contribution in [3.05, 3.63) is 74.7 Å². The van der Waals surface area contributed by atoms with E-state index >= 15 is 0 Å². The van der Waals surface area contributed by atoms with Gasteiger partial charge in [-0.3, -0.25) is 19.8 Å². The van der Waals surface area contributed by atoms with Crippen molar-refractivity contribution in [1.29, 1.82) is 0 Å². The van der Waals surface area contributed by atoms with E-state index in [1.165, 1.54) is 26.5 Å². The number of pyridine rings is 1. The lowest BCUT2D eigenvalue weighted by Crippen LogP contribution is -2.32. The Hall–Kier alpha value is -4.08. The van der Waals surface area contributed by atoms with Crippen molar-refractivity contribution >= 4 is 6.21 Å². The van der Waals surface area contributed by atoms with E-state index < -0.39 is 17.1 Å². The number of aromatic hydroxyl groups is 1. The summed E-state index contributed by atoms with van der Waals surface area (Å²) in [6.07, 6.45) is 7.71. The van der Waals surface area contributed by atoms with Crippen LogP contribution < -0.4 is 20.7 Å². The van der Waals surface area contributed by atoms with Crippen LogP contribution in [0.3, 0.4) is 0 Å². The van der Waals surface area contributed by atoms with Crippen molar-refractivity contribution in [3.63, 3.8) is 0 Å². The molecule has 1 aliphatic heterocycles. The van der Waals surface area contributed by atoms with Gasteiger partial charge in [-0.2, -0.15) is 5.10 Å². The number of H-pyrrole nitrogens is 1. The molecule has 3 aromatic rings. The van der Waals surface area contributed by atoms with E-state index in [9.17, 15) is 14.7 Å². The van der Waals surface area contributed by atoms with Gasteiger partial charge >= 0.3 is 5.69 Å². The summed E-state index contributed by atoms with van der Waals surface area (Å²) in [7, 11) is 2.92. The van der Waals surface area contributed by atoms with Crippen LogP contribution in [0.4, 0.5) is 0 Å². The molecule has 0 aliphatic carbocycles. The molecule has 0 spiro atoms. The summed E-state index contributed by atoms with van der Waals surface area (Å²) in [5, 5.41) is 17.3. The third-order valence-corrected chi connectivity index (χ3v) is 5.63. The first kappa shape index (κ1) is 22.1. The number of aromatic amines is 1. The minimum atomic E-state index is -0.813. The van der Waals surface area contributed by atoms with E-state index in [0.717, 1.165) is 29.4 Å². The number of hydrogen-bond acceptors (Lipinski definition) is 8. The number of methoxy groups -OCH3 is 2. The SMILES string of the molecule is COc1ccc(OC)c(-n2c(O)c(/C=N/N3CCCC[C@H]3c3cccnc3)c(=O)[nH]c2=O)c1. The fourth-order valence-corrected chi connectivity index (χ4v) is 3.95. The molecule has 0 unspecified atom stereocenters. The predicted octanol–water partition coefficient (Wildman–Crippen LogP) is 2.20. The van der Waals surface area contributed by atoms with Crippen LogP contribution in [0.1, 0.15) is 36.4 Å². The minimum Gasteiger partial charge on any atom is -0.497 e. The van der Waals surface area contributed by atoms with Crippen molar-refractivity contribution < 1.29 is 14.6 Å². The first-order chi connectivity index (χ1) is 16.0. The highest BCUT2D eigenvalue weighted by Crippen LogP contribution is 2.31. The van der Waals surface area contributed by atoms with Gasteiger partial charge < -0.3 is 14.6 Å². The largest absolute Gasteiger partial charge is 0.497 e. The number of nitrogens with one attached hydrogen (secondary N) is 1. The van der Waals surface area contributed by atoms with Gasteiger partial charge in [-0.05, 0) is 43.0 Å². The molecule has 3 heterocycles. The average molecular weight is 451 g/mol. The van der Waals surface area contributed by atoms with Crippen LogP contribution in [0.5, 0.6) is 17.4 Å². The van der Waals surface area contributed by atoms with Gasteiger partial charge in [-0.15, -0.1) is 0 Å². The standard InChI is InChI=1S/C23H25N5O5/c1-32-16-8-9-20(33-2)19(12-16)28-22(30)17(21(29)26-23(28)31)14-25-27-11-4-3-7-18(27)15-6-5-10-24-13-15/h5-6,8-10,12-14,18,30H,3-4,7,11H2,1-2H3,(H,26,29,31)/b25-14+/t18-/m0/s1. The second-order valence-electron chi connectivity index (χ2n) is 7.58. The molecule has 1 aromatic carbocycles. The zero-order valence-electron chi connectivity index (χ0n) is 18.4. The highest BCUT2D eigenvalue weighted by molar-refractivity contribution is 5.82. The van der Waals surface area contributed by atoms with Crippen LogP contribution in [0.25, 0.3) is 5.69 Å². The minimum absolute atomic E-state index is 0.00862. The van der Waals surface area contributed by atoms with Gasteiger partial charge in [-0.25, -0.2) is 9.36 Å². The normalized spacial score (nSPS) is 16.2. The number of aromatic nitrogens is 3. The Morgan fingerprint density at radius 3 is 2.79 bits per heavy atom. The lowest BCUT2D eigenvalue weighted by atomic mass is 9.98. The number of hydrogen-bond donors (Lipinski definition) is 2. The average Bonchev–Trinajstić information content (AvgIpc) is 2.84. The summed E-state index contributed by atoms with van der Waals surface area (Å²) in [5.74, 6) is 0.218. The number of nitrogens with zero attached hydrogens (tertiary/aromatic N) is 4. The fourth-order valence-electron chi connectivity index (χ4n) is 3.95. The number of piperidine rings is 1. The topological polar surface area (TPSA) is 122 Å². The zero-order chi connectivity index (χ0) is 23.4. The molecule has 1 aliphatic rings. The third kappa shape index (κ3) is 4.45. The van der Waals surface area contributed by atoms with Crippen LogP contribution in [0.2, 0.25) is 0 Å². The number of benzene rings is 1. The van der Waals surface area contributed by atoms with E-state index in [1.807, 2.05) is 17.1 Å². The van der Waals surface area contributed by atoms with Crippen LogP contribution >= 0.6 is 0 Å². The van der Waals surface area contributed by atoms with Crippen molar-refractivity contribution in [3.8, 4) is 23.1 Å². The molecule has 0 amide bonds. The van der Waals surface area contributed by atoms with Gasteiger partial charge in [0, 0.05) is 25.0 Å². The van der Waals surface area contributed by atoms with E-state index in [4.69, 9.17) is 9.47 Å². The van der Waals surface area contributed by atoms with Gasteiger partial charge in [0.05, 0.1) is 32.2 Å². The lowest BCUT2D eigenvalue weighted by molar-refractivity contribution is 0.156. The molecule has 2 aromatic heterocycles. The Bertz CT molecular complexity index is 1270. The van der Waals surface area contributed by atoms with Crippen LogP contribution in [-0.2, 0) is 0 Å². The molecule has 10 nitrogen and oxygen atoms in total. The van der Waals surface area contributed by atoms with Crippen molar-refractivity contribution in [2.75, 3.05) is 20.8 Å². The highest BCUT2D eigenvalue weighted by atomic mass is 16.5. The van der Waals surface area contributed by atoms with Crippen LogP contribution in [-0.4, -0.2) is 51.6 Å².